The molecule has 2 fully saturated rings. The highest BCUT2D eigenvalue weighted by atomic mass is 32.2. The fraction of sp³-hybridized carbons (Fsp3) is 0.667. The van der Waals surface area contributed by atoms with Crippen molar-refractivity contribution in [2.45, 2.75) is 62.6 Å². The van der Waals surface area contributed by atoms with E-state index >= 15 is 0 Å². The van der Waals surface area contributed by atoms with Crippen molar-refractivity contribution in [3.63, 3.8) is 0 Å². The topological polar surface area (TPSA) is 106 Å². The second-order valence-corrected chi connectivity index (χ2v) is 12.0. The van der Waals surface area contributed by atoms with Gasteiger partial charge in [0.2, 0.25) is 16.3 Å². The third-order valence-corrected chi connectivity index (χ3v) is 9.55. The molecule has 2 atom stereocenters. The van der Waals surface area contributed by atoms with Crippen molar-refractivity contribution in [3.8, 4) is 5.75 Å². The van der Waals surface area contributed by atoms with E-state index in [2.05, 4.69) is 0 Å². The Hall–Kier alpha value is -2.14. The first-order chi connectivity index (χ1) is 17.9. The maximum Gasteiger partial charge on any atom is 0.288 e. The van der Waals surface area contributed by atoms with E-state index in [1.807, 2.05) is 11.0 Å². The van der Waals surface area contributed by atoms with Crippen LogP contribution >= 0.6 is 0 Å². The standard InChI is InChI=1S/C27H40N2O7S/c1-34-23-9-11-24(12-10-23)37(32,33)29(15-17-30)16-18-35-26-20-22(21-7-3-4-8-21)19-25(36-26)27(31)28-13-5-2-6-14-28/h9-12,19,21-22,26,30H,2-8,13-18,20H2,1H3/t22-,26+/m1/s1. The first-order valence-corrected chi connectivity index (χ1v) is 14.9. The van der Waals surface area contributed by atoms with Crippen LogP contribution in [-0.4, -0.2) is 81.4 Å². The Morgan fingerprint density at radius 3 is 2.43 bits per heavy atom. The fourth-order valence-corrected chi connectivity index (χ4v) is 6.97. The van der Waals surface area contributed by atoms with Crippen LogP contribution in [0.15, 0.2) is 41.0 Å². The summed E-state index contributed by atoms with van der Waals surface area (Å²) in [7, 11) is -2.31. The molecule has 4 rings (SSSR count). The Labute approximate surface area is 220 Å². The van der Waals surface area contributed by atoms with E-state index in [0.29, 0.717) is 23.8 Å². The summed E-state index contributed by atoms with van der Waals surface area (Å²) in [6.45, 7) is 1.28. The number of hydrogen-bond acceptors (Lipinski definition) is 7. The van der Waals surface area contributed by atoms with Gasteiger partial charge in [-0.05, 0) is 74.3 Å². The number of likely N-dealkylation sites (tertiary alicyclic amines) is 1. The maximum absolute atomic E-state index is 13.2. The molecule has 10 heteroatoms. The zero-order valence-electron chi connectivity index (χ0n) is 21.7. The van der Waals surface area contributed by atoms with Crippen molar-refractivity contribution < 1.29 is 32.5 Å². The third kappa shape index (κ3) is 7.04. The van der Waals surface area contributed by atoms with Crippen LogP contribution in [0.4, 0.5) is 0 Å². The molecule has 1 aromatic carbocycles. The van der Waals surface area contributed by atoms with Crippen molar-refractivity contribution in [2.24, 2.45) is 11.8 Å². The lowest BCUT2D eigenvalue weighted by Gasteiger charge is -2.35. The van der Waals surface area contributed by atoms with E-state index in [1.165, 1.54) is 36.4 Å². The van der Waals surface area contributed by atoms with Crippen LogP contribution in [0.25, 0.3) is 0 Å². The Morgan fingerprint density at radius 2 is 1.78 bits per heavy atom. The molecule has 1 aromatic rings. The van der Waals surface area contributed by atoms with Crippen molar-refractivity contribution in [3.05, 3.63) is 36.1 Å². The second kappa shape index (κ2) is 13.1. The van der Waals surface area contributed by atoms with Crippen LogP contribution in [0.3, 0.4) is 0 Å². The number of piperidine rings is 1. The van der Waals surface area contributed by atoms with Gasteiger partial charge in [0.1, 0.15) is 5.75 Å². The molecular formula is C27H40N2O7S. The summed E-state index contributed by atoms with van der Waals surface area (Å²) >= 11 is 0. The van der Waals surface area contributed by atoms with E-state index in [4.69, 9.17) is 14.2 Å². The number of ether oxygens (including phenoxy) is 3. The Kier molecular flexibility index (Phi) is 9.86. The molecule has 1 saturated heterocycles. The molecule has 37 heavy (non-hydrogen) atoms. The maximum atomic E-state index is 13.2. The van der Waals surface area contributed by atoms with Crippen LogP contribution in [0.1, 0.15) is 51.4 Å². The number of amides is 1. The number of hydrogen-bond donors (Lipinski definition) is 1. The van der Waals surface area contributed by atoms with Gasteiger partial charge in [-0.15, -0.1) is 0 Å². The predicted octanol–water partition coefficient (Wildman–Crippen LogP) is 3.14. The first-order valence-electron chi connectivity index (χ1n) is 13.5. The molecule has 0 unspecified atom stereocenters. The fourth-order valence-electron chi connectivity index (χ4n) is 5.55. The van der Waals surface area contributed by atoms with Gasteiger partial charge >= 0.3 is 0 Å². The van der Waals surface area contributed by atoms with Gasteiger partial charge in [-0.2, -0.15) is 4.31 Å². The molecule has 3 aliphatic rings. The van der Waals surface area contributed by atoms with Crippen molar-refractivity contribution in [2.75, 3.05) is 46.5 Å². The summed E-state index contributed by atoms with van der Waals surface area (Å²) in [6, 6.07) is 6.15. The normalized spacial score (nSPS) is 23.1. The van der Waals surface area contributed by atoms with Crippen LogP contribution in [-0.2, 0) is 24.3 Å². The molecule has 1 aliphatic carbocycles. The van der Waals surface area contributed by atoms with Gasteiger partial charge < -0.3 is 24.2 Å². The Balaban J connectivity index is 1.40. The van der Waals surface area contributed by atoms with E-state index < -0.39 is 16.3 Å². The lowest BCUT2D eigenvalue weighted by Crippen LogP contribution is -2.41. The van der Waals surface area contributed by atoms with Gasteiger partial charge in [0, 0.05) is 32.6 Å². The molecule has 1 saturated carbocycles. The minimum Gasteiger partial charge on any atom is -0.497 e. The first kappa shape index (κ1) is 27.9. The minimum absolute atomic E-state index is 0.0491. The predicted molar refractivity (Wildman–Crippen MR) is 138 cm³/mol. The van der Waals surface area contributed by atoms with Crippen LogP contribution in [0.5, 0.6) is 5.75 Å². The van der Waals surface area contributed by atoms with E-state index in [1.54, 1.807) is 12.1 Å². The number of benzene rings is 1. The molecular weight excluding hydrogens is 496 g/mol. The molecule has 1 N–H and O–H groups in total. The molecule has 2 aliphatic heterocycles. The number of nitrogens with zero attached hydrogens (tertiary/aromatic N) is 2. The lowest BCUT2D eigenvalue weighted by molar-refractivity contribution is -0.157. The van der Waals surface area contributed by atoms with Crippen LogP contribution in [0, 0.1) is 11.8 Å². The highest BCUT2D eigenvalue weighted by Gasteiger charge is 2.35. The van der Waals surface area contributed by atoms with Gasteiger partial charge in [0.05, 0.1) is 25.2 Å². The molecule has 0 radical (unpaired) electrons. The number of carbonyl (C=O) groups excluding carboxylic acids is 1. The number of aliphatic hydroxyl groups excluding tert-OH is 1. The highest BCUT2D eigenvalue weighted by Crippen LogP contribution is 2.38. The van der Waals surface area contributed by atoms with E-state index in [0.717, 1.165) is 45.2 Å². The van der Waals surface area contributed by atoms with Gasteiger partial charge in [-0.1, -0.05) is 12.8 Å². The largest absolute Gasteiger partial charge is 0.497 e. The zero-order chi connectivity index (χ0) is 26.3. The van der Waals surface area contributed by atoms with E-state index in [-0.39, 0.29) is 43.0 Å². The highest BCUT2D eigenvalue weighted by molar-refractivity contribution is 7.89. The number of aliphatic hydroxyl groups is 1. The Bertz CT molecular complexity index is 1020. The average Bonchev–Trinajstić information content (AvgIpc) is 3.48. The quantitative estimate of drug-likeness (QED) is 0.463. The number of methoxy groups -OCH3 is 1. The van der Waals surface area contributed by atoms with Crippen LogP contribution in [0.2, 0.25) is 0 Å². The number of carbonyl (C=O) groups is 1. The number of allylic oxidation sites excluding steroid dienone is 1. The van der Waals surface area contributed by atoms with Gasteiger partial charge in [-0.25, -0.2) is 8.42 Å². The average molecular weight is 537 g/mol. The van der Waals surface area contributed by atoms with Crippen molar-refractivity contribution in [1.29, 1.82) is 0 Å². The molecule has 0 spiro atoms. The molecule has 0 aromatic heterocycles. The summed E-state index contributed by atoms with van der Waals surface area (Å²) < 4.78 is 44.8. The Morgan fingerprint density at radius 1 is 1.08 bits per heavy atom. The van der Waals surface area contributed by atoms with Gasteiger partial charge in [0.25, 0.3) is 5.91 Å². The molecule has 0 bridgehead atoms. The van der Waals surface area contributed by atoms with Crippen molar-refractivity contribution >= 4 is 15.9 Å². The smallest absolute Gasteiger partial charge is 0.288 e. The number of rotatable bonds is 11. The summed E-state index contributed by atoms with van der Waals surface area (Å²) in [6.07, 6.45) is 9.90. The summed E-state index contributed by atoms with van der Waals surface area (Å²) in [5.74, 6) is 1.58. The third-order valence-electron chi connectivity index (χ3n) is 7.64. The van der Waals surface area contributed by atoms with Crippen LogP contribution < -0.4 is 4.74 Å². The van der Waals surface area contributed by atoms with Gasteiger partial charge in [-0.3, -0.25) is 4.79 Å². The zero-order valence-corrected chi connectivity index (χ0v) is 22.5. The number of sulfonamides is 1. The monoisotopic (exact) mass is 536 g/mol. The lowest BCUT2D eigenvalue weighted by atomic mass is 9.86. The van der Waals surface area contributed by atoms with Gasteiger partial charge in [0.15, 0.2) is 5.76 Å². The molecule has 2 heterocycles. The summed E-state index contributed by atoms with van der Waals surface area (Å²) in [5, 5.41) is 9.51. The summed E-state index contributed by atoms with van der Waals surface area (Å²) in [4.78, 5) is 15.2. The SMILES string of the molecule is COc1ccc(S(=O)(=O)N(CCO)CCO[C@@H]2C[C@H](C3CCCC3)C=C(C(=O)N3CCCCC3)O2)cc1. The van der Waals surface area contributed by atoms with E-state index in [9.17, 15) is 18.3 Å². The summed E-state index contributed by atoms with van der Waals surface area (Å²) in [5.41, 5.74) is 0. The van der Waals surface area contributed by atoms with Crippen molar-refractivity contribution in [1.82, 2.24) is 9.21 Å². The molecule has 206 valence electrons. The minimum atomic E-state index is -3.83. The molecule has 1 amide bonds. The molecule has 9 nitrogen and oxygen atoms in total. The second-order valence-electron chi connectivity index (χ2n) is 10.0.